The van der Waals surface area contributed by atoms with E-state index in [1.165, 1.54) is 24.5 Å². The third-order valence-corrected chi connectivity index (χ3v) is 3.36. The molecule has 1 aromatic heterocycles. The van der Waals surface area contributed by atoms with Crippen LogP contribution in [0.2, 0.25) is 0 Å². The average Bonchev–Trinajstić information content (AvgIpc) is 2.54. The molecule has 0 saturated carbocycles. The molecule has 2 rings (SSSR count). The van der Waals surface area contributed by atoms with E-state index in [1.807, 2.05) is 0 Å². The Bertz CT molecular complexity index is 715. The molecular weight excluding hydrogens is 333 g/mol. The monoisotopic (exact) mass is 352 g/mol. The zero-order valence-corrected chi connectivity index (χ0v) is 13.9. The van der Waals surface area contributed by atoms with Gasteiger partial charge in [0.25, 0.3) is 5.91 Å². The van der Waals surface area contributed by atoms with Gasteiger partial charge in [0.05, 0.1) is 18.0 Å². The van der Waals surface area contributed by atoms with Crippen LogP contribution in [0.3, 0.4) is 0 Å². The maximum atomic E-state index is 12.7. The molecule has 8 heteroatoms. The number of benzene rings is 1. The molecular formula is C17H19F3N4O. The van der Waals surface area contributed by atoms with Crippen molar-refractivity contribution in [2.45, 2.75) is 26.4 Å². The SMILES string of the molecule is CC(C)CCNc1cnc(C(=O)Nc2cccc(C(F)(F)F)c2)cn1. The predicted molar refractivity (Wildman–Crippen MR) is 89.4 cm³/mol. The Morgan fingerprint density at radius 2 is 1.96 bits per heavy atom. The number of hydrogen-bond donors (Lipinski definition) is 2. The molecule has 2 aromatic rings. The summed E-state index contributed by atoms with van der Waals surface area (Å²) in [5, 5.41) is 5.47. The molecule has 0 atom stereocenters. The van der Waals surface area contributed by atoms with Gasteiger partial charge in [-0.1, -0.05) is 19.9 Å². The van der Waals surface area contributed by atoms with E-state index in [0.29, 0.717) is 11.7 Å². The fourth-order valence-corrected chi connectivity index (χ4v) is 1.99. The van der Waals surface area contributed by atoms with Crippen molar-refractivity contribution in [2.24, 2.45) is 5.92 Å². The Labute approximate surface area is 143 Å². The van der Waals surface area contributed by atoms with Gasteiger partial charge in [-0.3, -0.25) is 4.79 Å². The largest absolute Gasteiger partial charge is 0.416 e. The minimum absolute atomic E-state index is 0.0202. The fraction of sp³-hybridized carbons (Fsp3) is 0.353. The summed E-state index contributed by atoms with van der Waals surface area (Å²) in [6.45, 7) is 4.95. The van der Waals surface area contributed by atoms with Crippen molar-refractivity contribution in [3.05, 3.63) is 47.9 Å². The van der Waals surface area contributed by atoms with Crippen molar-refractivity contribution < 1.29 is 18.0 Å². The van der Waals surface area contributed by atoms with Crippen LogP contribution in [0.15, 0.2) is 36.7 Å². The molecule has 0 bridgehead atoms. The molecule has 134 valence electrons. The second-order valence-electron chi connectivity index (χ2n) is 5.93. The number of rotatable bonds is 6. The molecule has 1 aromatic carbocycles. The van der Waals surface area contributed by atoms with Gasteiger partial charge in [0.15, 0.2) is 0 Å². The van der Waals surface area contributed by atoms with E-state index in [2.05, 4.69) is 34.4 Å². The van der Waals surface area contributed by atoms with Gasteiger partial charge in [0, 0.05) is 12.2 Å². The summed E-state index contributed by atoms with van der Waals surface area (Å²) in [7, 11) is 0. The van der Waals surface area contributed by atoms with E-state index in [4.69, 9.17) is 0 Å². The number of nitrogens with zero attached hydrogens (tertiary/aromatic N) is 2. The van der Waals surface area contributed by atoms with Crippen LogP contribution in [0.5, 0.6) is 0 Å². The summed E-state index contributed by atoms with van der Waals surface area (Å²) < 4.78 is 38.0. The summed E-state index contributed by atoms with van der Waals surface area (Å²) in [5.74, 6) is 0.467. The van der Waals surface area contributed by atoms with E-state index in [0.717, 1.165) is 25.1 Å². The summed E-state index contributed by atoms with van der Waals surface area (Å²) in [5.41, 5.74) is -0.770. The number of alkyl halides is 3. The highest BCUT2D eigenvalue weighted by Crippen LogP contribution is 2.30. The van der Waals surface area contributed by atoms with Crippen LogP contribution in [0.1, 0.15) is 36.3 Å². The van der Waals surface area contributed by atoms with E-state index in [9.17, 15) is 18.0 Å². The molecule has 1 amide bonds. The van der Waals surface area contributed by atoms with Gasteiger partial charge >= 0.3 is 6.18 Å². The van der Waals surface area contributed by atoms with Crippen molar-refractivity contribution in [2.75, 3.05) is 17.2 Å². The van der Waals surface area contributed by atoms with Gasteiger partial charge < -0.3 is 10.6 Å². The van der Waals surface area contributed by atoms with E-state index in [-0.39, 0.29) is 11.4 Å². The van der Waals surface area contributed by atoms with Gasteiger partial charge in [-0.25, -0.2) is 9.97 Å². The molecule has 0 fully saturated rings. The minimum atomic E-state index is -4.47. The summed E-state index contributed by atoms with van der Waals surface area (Å²) >= 11 is 0. The van der Waals surface area contributed by atoms with Crippen LogP contribution in [0.4, 0.5) is 24.7 Å². The Morgan fingerprint density at radius 1 is 1.20 bits per heavy atom. The smallest absolute Gasteiger partial charge is 0.369 e. The molecule has 5 nitrogen and oxygen atoms in total. The van der Waals surface area contributed by atoms with Crippen molar-refractivity contribution in [3.8, 4) is 0 Å². The number of aromatic nitrogens is 2. The molecule has 0 unspecified atom stereocenters. The number of carbonyl (C=O) groups excluding carboxylic acids is 1. The van der Waals surface area contributed by atoms with Gasteiger partial charge in [-0.2, -0.15) is 13.2 Å². The van der Waals surface area contributed by atoms with E-state index < -0.39 is 17.6 Å². The van der Waals surface area contributed by atoms with Crippen molar-refractivity contribution >= 4 is 17.4 Å². The second-order valence-corrected chi connectivity index (χ2v) is 5.93. The normalized spacial score (nSPS) is 11.4. The van der Waals surface area contributed by atoms with Crippen LogP contribution in [0.25, 0.3) is 0 Å². The second kappa shape index (κ2) is 7.96. The standard InChI is InChI=1S/C17H19F3N4O/c1-11(2)6-7-21-15-10-22-14(9-23-15)16(25)24-13-5-3-4-12(8-13)17(18,19)20/h3-5,8-11H,6-7H2,1-2H3,(H,21,23)(H,24,25). The van der Waals surface area contributed by atoms with Crippen LogP contribution in [-0.4, -0.2) is 22.4 Å². The molecule has 0 aliphatic rings. The highest BCUT2D eigenvalue weighted by Gasteiger charge is 2.30. The van der Waals surface area contributed by atoms with Gasteiger partial charge in [-0.05, 0) is 30.5 Å². The van der Waals surface area contributed by atoms with Gasteiger partial charge in [-0.15, -0.1) is 0 Å². The minimum Gasteiger partial charge on any atom is -0.369 e. The fourth-order valence-electron chi connectivity index (χ4n) is 1.99. The Hall–Kier alpha value is -2.64. The van der Waals surface area contributed by atoms with E-state index >= 15 is 0 Å². The Balaban J connectivity index is 1.99. The average molecular weight is 352 g/mol. The Morgan fingerprint density at radius 3 is 2.56 bits per heavy atom. The number of amides is 1. The highest BCUT2D eigenvalue weighted by atomic mass is 19.4. The van der Waals surface area contributed by atoms with Crippen LogP contribution in [-0.2, 0) is 6.18 Å². The van der Waals surface area contributed by atoms with Crippen LogP contribution in [0, 0.1) is 5.92 Å². The molecule has 1 heterocycles. The highest BCUT2D eigenvalue weighted by molar-refractivity contribution is 6.02. The summed E-state index contributed by atoms with van der Waals surface area (Å²) in [4.78, 5) is 20.1. The first-order valence-electron chi connectivity index (χ1n) is 7.80. The molecule has 0 saturated heterocycles. The molecule has 0 radical (unpaired) electrons. The lowest BCUT2D eigenvalue weighted by atomic mass is 10.1. The number of anilines is 2. The molecule has 0 aliphatic carbocycles. The first-order valence-corrected chi connectivity index (χ1v) is 7.80. The quantitative estimate of drug-likeness (QED) is 0.817. The first-order chi connectivity index (χ1) is 11.8. The number of halogens is 3. The summed E-state index contributed by atoms with van der Waals surface area (Å²) in [6, 6.07) is 4.41. The predicted octanol–water partition coefficient (Wildman–Crippen LogP) is 4.21. The van der Waals surface area contributed by atoms with Crippen molar-refractivity contribution in [3.63, 3.8) is 0 Å². The maximum absolute atomic E-state index is 12.7. The Kier molecular flexibility index (Phi) is 5.95. The zero-order chi connectivity index (χ0) is 18.4. The molecule has 0 aliphatic heterocycles. The summed E-state index contributed by atoms with van der Waals surface area (Å²) in [6.07, 6.45) is -0.800. The molecule has 2 N–H and O–H groups in total. The van der Waals surface area contributed by atoms with Crippen molar-refractivity contribution in [1.29, 1.82) is 0 Å². The topological polar surface area (TPSA) is 66.9 Å². The third-order valence-electron chi connectivity index (χ3n) is 3.36. The van der Waals surface area contributed by atoms with Gasteiger partial charge in [0.1, 0.15) is 11.5 Å². The number of nitrogens with one attached hydrogen (secondary N) is 2. The molecule has 0 spiro atoms. The van der Waals surface area contributed by atoms with Gasteiger partial charge in [0.2, 0.25) is 0 Å². The number of hydrogen-bond acceptors (Lipinski definition) is 4. The zero-order valence-electron chi connectivity index (χ0n) is 13.9. The lowest BCUT2D eigenvalue weighted by Gasteiger charge is -2.10. The maximum Gasteiger partial charge on any atom is 0.416 e. The van der Waals surface area contributed by atoms with Crippen LogP contribution < -0.4 is 10.6 Å². The van der Waals surface area contributed by atoms with Crippen LogP contribution >= 0.6 is 0 Å². The number of carbonyl (C=O) groups is 1. The third kappa shape index (κ3) is 5.74. The van der Waals surface area contributed by atoms with E-state index in [1.54, 1.807) is 0 Å². The molecule has 25 heavy (non-hydrogen) atoms. The van der Waals surface area contributed by atoms with Crippen molar-refractivity contribution in [1.82, 2.24) is 9.97 Å². The first kappa shape index (κ1) is 18.7. The lowest BCUT2D eigenvalue weighted by molar-refractivity contribution is -0.137. The lowest BCUT2D eigenvalue weighted by Crippen LogP contribution is -2.15.